The number of nitriles is 1. The minimum atomic E-state index is -4.69. The molecule has 1 saturated heterocycles. The summed E-state index contributed by atoms with van der Waals surface area (Å²) in [6, 6.07) is 12.4. The minimum absolute atomic E-state index is 0.0955. The van der Waals surface area contributed by atoms with Gasteiger partial charge in [-0.2, -0.15) is 10.4 Å². The van der Waals surface area contributed by atoms with Gasteiger partial charge in [-0.3, -0.25) is 9.05 Å². The van der Waals surface area contributed by atoms with Crippen LogP contribution in [0.2, 0.25) is 0 Å². The number of aliphatic hydroxyl groups excluding tert-OH is 2. The van der Waals surface area contributed by atoms with Gasteiger partial charge >= 0.3 is 7.82 Å². The maximum Gasteiger partial charge on any atom is 0.472 e. The maximum atomic E-state index is 13.1. The molecular formula is C41H64N5O10P. The van der Waals surface area contributed by atoms with Crippen molar-refractivity contribution in [3.63, 3.8) is 0 Å². The van der Waals surface area contributed by atoms with Crippen molar-refractivity contribution in [1.82, 2.24) is 14.6 Å². The van der Waals surface area contributed by atoms with Gasteiger partial charge in [-0.05, 0) is 49.1 Å². The molecule has 318 valence electrons. The summed E-state index contributed by atoms with van der Waals surface area (Å²) < 4.78 is 48.0. The SMILES string of the molecule is CCCCCCCCCOCCCCCCCCCC[C@H](COP(=O)(O)OC[C@H]1O[C@@](C#N)(c2ccc3c(N)ncnn23)[C@@H](O)C1O)OCc1ccc(OC)cc1. The lowest BCUT2D eigenvalue weighted by atomic mass is 9.92. The van der Waals surface area contributed by atoms with Gasteiger partial charge in [0.15, 0.2) is 5.82 Å². The van der Waals surface area contributed by atoms with Crippen molar-refractivity contribution in [2.24, 2.45) is 0 Å². The molecule has 1 aliphatic heterocycles. The Labute approximate surface area is 337 Å². The average molecular weight is 818 g/mol. The number of hydrogen-bond donors (Lipinski definition) is 4. The molecule has 4 rings (SSSR count). The minimum Gasteiger partial charge on any atom is -0.497 e. The van der Waals surface area contributed by atoms with Crippen molar-refractivity contribution < 1.29 is 47.7 Å². The highest BCUT2D eigenvalue weighted by molar-refractivity contribution is 7.47. The highest BCUT2D eigenvalue weighted by Crippen LogP contribution is 2.46. The van der Waals surface area contributed by atoms with Crippen LogP contribution < -0.4 is 10.5 Å². The lowest BCUT2D eigenvalue weighted by Crippen LogP contribution is -2.41. The number of nitrogens with two attached hydrogens (primary N) is 1. The molecule has 1 aromatic carbocycles. The van der Waals surface area contributed by atoms with E-state index in [9.17, 15) is 24.9 Å². The zero-order valence-corrected chi connectivity index (χ0v) is 34.6. The van der Waals surface area contributed by atoms with E-state index in [0.717, 1.165) is 63.1 Å². The Bertz CT molecular complexity index is 1670. The van der Waals surface area contributed by atoms with E-state index >= 15 is 0 Å². The number of methoxy groups -OCH3 is 1. The first kappa shape index (κ1) is 46.5. The number of hydrogen-bond acceptors (Lipinski definition) is 13. The first-order valence-corrected chi connectivity index (χ1v) is 22.1. The van der Waals surface area contributed by atoms with Crippen LogP contribution in [0.1, 0.15) is 121 Å². The van der Waals surface area contributed by atoms with Crippen molar-refractivity contribution >= 4 is 19.2 Å². The van der Waals surface area contributed by atoms with E-state index in [1.54, 1.807) is 13.2 Å². The number of nitrogens with zero attached hydrogens (tertiary/aromatic N) is 4. The molecule has 0 saturated carbocycles. The second-order valence-corrected chi connectivity index (χ2v) is 16.2. The summed E-state index contributed by atoms with van der Waals surface area (Å²) >= 11 is 0. The number of phosphoric acid groups is 1. The number of phosphoric ester groups is 1. The number of nitrogen functional groups attached to an aromatic ring is 1. The topological polar surface area (TPSA) is 213 Å². The van der Waals surface area contributed by atoms with Crippen LogP contribution in [-0.4, -0.2) is 87.7 Å². The average Bonchev–Trinajstić information content (AvgIpc) is 3.77. The van der Waals surface area contributed by atoms with Crippen molar-refractivity contribution in [1.29, 1.82) is 5.26 Å². The molecule has 1 fully saturated rings. The molecule has 0 bridgehead atoms. The van der Waals surface area contributed by atoms with Gasteiger partial charge in [-0.1, -0.05) is 103 Å². The van der Waals surface area contributed by atoms with Crippen LogP contribution in [0.4, 0.5) is 5.82 Å². The number of aromatic nitrogens is 3. The monoisotopic (exact) mass is 817 g/mol. The number of unbranched alkanes of at least 4 members (excludes halogenated alkanes) is 13. The predicted octanol–water partition coefficient (Wildman–Crippen LogP) is 7.16. The summed E-state index contributed by atoms with van der Waals surface area (Å²) in [7, 11) is -3.09. The molecular weight excluding hydrogens is 753 g/mol. The number of fused-ring (bicyclic) bond motifs is 1. The van der Waals surface area contributed by atoms with Crippen molar-refractivity contribution in [2.45, 2.75) is 146 Å². The van der Waals surface area contributed by atoms with Gasteiger partial charge in [0.2, 0.25) is 5.60 Å². The van der Waals surface area contributed by atoms with Crippen molar-refractivity contribution in [3.05, 3.63) is 54.0 Å². The normalized spacial score (nSPS) is 21.1. The zero-order chi connectivity index (χ0) is 40.9. The largest absolute Gasteiger partial charge is 0.497 e. The summed E-state index contributed by atoms with van der Waals surface area (Å²) in [5, 5.41) is 36.1. The van der Waals surface area contributed by atoms with Gasteiger partial charge in [0.1, 0.15) is 42.0 Å². The number of benzene rings is 1. The molecule has 3 aromatic rings. The van der Waals surface area contributed by atoms with Gasteiger partial charge in [0.25, 0.3) is 0 Å². The highest BCUT2D eigenvalue weighted by atomic mass is 31.2. The second kappa shape index (κ2) is 24.7. The quantitative estimate of drug-likeness (QED) is 0.0388. The molecule has 5 N–H and O–H groups in total. The van der Waals surface area contributed by atoms with Crippen LogP contribution in [0.15, 0.2) is 42.7 Å². The number of ether oxygens (including phenoxy) is 4. The van der Waals surface area contributed by atoms with Crippen LogP contribution in [0, 0.1) is 11.3 Å². The maximum absolute atomic E-state index is 13.1. The first-order chi connectivity index (χ1) is 27.6. The summed E-state index contributed by atoms with van der Waals surface area (Å²) in [5.74, 6) is 0.860. The predicted molar refractivity (Wildman–Crippen MR) is 215 cm³/mol. The van der Waals surface area contributed by atoms with Gasteiger partial charge < -0.3 is 39.8 Å². The van der Waals surface area contributed by atoms with E-state index < -0.39 is 44.4 Å². The van der Waals surface area contributed by atoms with E-state index in [2.05, 4.69) is 17.0 Å². The molecule has 3 heterocycles. The van der Waals surface area contributed by atoms with Crippen LogP contribution in [0.25, 0.3) is 5.52 Å². The number of anilines is 1. The fourth-order valence-corrected chi connectivity index (χ4v) is 7.75. The molecule has 1 aliphatic rings. The molecule has 0 aliphatic carbocycles. The standard InChI is InChI=1S/C41H64N5O10P/c1-3-4-5-6-10-13-16-25-52-26-17-14-11-8-7-9-12-15-18-34(53-27-32-19-21-33(51-2)22-20-32)28-54-57(49,50)55-29-36-38(47)39(48)41(30-42,56-36)37-24-23-35-40(43)44-31-45-46(35)37/h19-24,31,34,36,38-39,47-48H,3-18,25-29H2,1-2H3,(H,49,50)(H2,43,44,45)/t34-,36-,38?,39+,41+/m1/s1. The van der Waals surface area contributed by atoms with E-state index in [0.29, 0.717) is 11.9 Å². The lowest BCUT2D eigenvalue weighted by molar-refractivity contribution is -0.0658. The third-order valence-electron chi connectivity index (χ3n) is 10.4. The molecule has 16 heteroatoms. The number of rotatable bonds is 30. The fraction of sp³-hybridized carbons (Fsp3) is 0.683. The molecule has 0 amide bonds. The first-order valence-electron chi connectivity index (χ1n) is 20.6. The molecule has 2 aromatic heterocycles. The Kier molecular flexibility index (Phi) is 20.2. The lowest BCUT2D eigenvalue weighted by Gasteiger charge is -2.24. The van der Waals surface area contributed by atoms with Crippen molar-refractivity contribution in [3.8, 4) is 11.8 Å². The van der Waals surface area contributed by atoms with E-state index in [4.69, 9.17) is 33.7 Å². The van der Waals surface area contributed by atoms with Crippen LogP contribution in [-0.2, 0) is 40.0 Å². The fourth-order valence-electron chi connectivity index (χ4n) is 6.98. The Morgan fingerprint density at radius 3 is 2.19 bits per heavy atom. The van der Waals surface area contributed by atoms with E-state index in [1.165, 1.54) is 74.7 Å². The molecule has 57 heavy (non-hydrogen) atoms. The van der Waals surface area contributed by atoms with Gasteiger partial charge in [0.05, 0.1) is 38.7 Å². The second-order valence-electron chi connectivity index (χ2n) is 14.8. The highest BCUT2D eigenvalue weighted by Gasteiger charge is 2.58. The summed E-state index contributed by atoms with van der Waals surface area (Å²) in [6.45, 7) is 3.36. The number of aliphatic hydroxyl groups is 2. The van der Waals surface area contributed by atoms with E-state index in [1.807, 2.05) is 30.3 Å². The van der Waals surface area contributed by atoms with E-state index in [-0.39, 0.29) is 24.7 Å². The summed E-state index contributed by atoms with van der Waals surface area (Å²) in [6.07, 6.45) is 14.4. The van der Waals surface area contributed by atoms with Crippen molar-refractivity contribution in [2.75, 3.05) is 39.3 Å². The Hall–Kier alpha value is -3.16. The third kappa shape index (κ3) is 14.6. The molecule has 6 atom stereocenters. The molecule has 15 nitrogen and oxygen atoms in total. The molecule has 0 spiro atoms. The van der Waals surface area contributed by atoms with Crippen LogP contribution in [0.5, 0.6) is 5.75 Å². The summed E-state index contributed by atoms with van der Waals surface area (Å²) in [4.78, 5) is 14.5. The molecule has 2 unspecified atom stereocenters. The van der Waals surface area contributed by atoms with Gasteiger partial charge in [-0.15, -0.1) is 0 Å². The van der Waals surface area contributed by atoms with Gasteiger partial charge in [-0.25, -0.2) is 14.1 Å². The zero-order valence-electron chi connectivity index (χ0n) is 33.7. The smallest absolute Gasteiger partial charge is 0.472 e. The van der Waals surface area contributed by atoms with Gasteiger partial charge in [0, 0.05) is 13.2 Å². The third-order valence-corrected chi connectivity index (χ3v) is 11.4. The molecule has 0 radical (unpaired) electrons. The Balaban J connectivity index is 1.18. The Morgan fingerprint density at radius 2 is 1.56 bits per heavy atom. The van der Waals surface area contributed by atoms with Crippen LogP contribution in [0.3, 0.4) is 0 Å². The summed E-state index contributed by atoms with van der Waals surface area (Å²) in [5.41, 5.74) is 5.21. The van der Waals surface area contributed by atoms with Crippen LogP contribution >= 0.6 is 7.82 Å². The Morgan fingerprint density at radius 1 is 0.930 bits per heavy atom.